The molecule has 0 radical (unpaired) electrons. The van der Waals surface area contributed by atoms with Crippen LogP contribution in [0.25, 0.3) is 0 Å². The van der Waals surface area contributed by atoms with Crippen molar-refractivity contribution >= 4 is 17.9 Å². The van der Waals surface area contributed by atoms with Crippen LogP contribution in [0.1, 0.15) is 127 Å². The number of hydrogen-bond acceptors (Lipinski definition) is 13. The number of carbonyl (C=O) groups is 3. The number of aliphatic carboxylic acids is 1. The third-order valence-electron chi connectivity index (χ3n) is 13.4. The second-order valence-corrected chi connectivity index (χ2v) is 17.6. The fraction of sp³-hybridized carbons (Fsp3) is 0.925. The molecule has 5 fully saturated rings. The van der Waals surface area contributed by atoms with E-state index in [0.29, 0.717) is 19.3 Å². The van der Waals surface area contributed by atoms with Crippen LogP contribution in [0.15, 0.2) is 0 Å². The molecule has 2 N–H and O–H groups in total. The largest absolute Gasteiger partial charge is 0.550 e. The van der Waals surface area contributed by atoms with Gasteiger partial charge in [-0.05, 0) is 57.8 Å². The van der Waals surface area contributed by atoms with Gasteiger partial charge in [-0.1, -0.05) is 55.4 Å². The van der Waals surface area contributed by atoms with Crippen LogP contribution in [-0.2, 0) is 47.5 Å². The Balaban J connectivity index is 1.26. The van der Waals surface area contributed by atoms with E-state index in [1.807, 2.05) is 20.8 Å². The zero-order chi connectivity index (χ0) is 39.3. The van der Waals surface area contributed by atoms with Gasteiger partial charge < -0.3 is 53.3 Å². The summed E-state index contributed by atoms with van der Waals surface area (Å²) in [5.41, 5.74) is -1.35. The SMILES string of the molecule is CCC(=O)OCC1(O)OC(C2CC(C)C(C3(C)CCC(C4(C)CCC5(CC(O)C(C)C(C(C)C(OC(=O)CC)C(C)C(=O)[O-])O5)O4)O3)O2)C(C)CC1C. The molecule has 0 amide bonds. The van der Waals surface area contributed by atoms with E-state index in [1.54, 1.807) is 20.8 Å². The maximum atomic E-state index is 12.3. The second kappa shape index (κ2) is 15.9. The third-order valence-corrected chi connectivity index (χ3v) is 13.4. The minimum absolute atomic E-state index is 0.0948. The first-order chi connectivity index (χ1) is 24.7. The molecule has 17 atom stereocenters. The number of carboxylic acid groups (broad SMARTS) is 1. The van der Waals surface area contributed by atoms with Crippen molar-refractivity contribution < 1.29 is 62.9 Å². The van der Waals surface area contributed by atoms with Gasteiger partial charge >= 0.3 is 11.9 Å². The van der Waals surface area contributed by atoms with Crippen molar-refractivity contribution in [3.8, 4) is 0 Å². The summed E-state index contributed by atoms with van der Waals surface area (Å²) in [5, 5.41) is 34.7. The minimum atomic E-state index is -1.59. The van der Waals surface area contributed by atoms with Crippen molar-refractivity contribution in [1.82, 2.24) is 0 Å². The second-order valence-electron chi connectivity index (χ2n) is 17.6. The van der Waals surface area contributed by atoms with E-state index in [-0.39, 0.29) is 79.9 Å². The quantitative estimate of drug-likeness (QED) is 0.275. The monoisotopic (exact) mass is 753 g/mol. The third kappa shape index (κ3) is 8.46. The van der Waals surface area contributed by atoms with Gasteiger partial charge in [0.25, 0.3) is 0 Å². The number of carboxylic acids is 1. The Morgan fingerprint density at radius 3 is 2.23 bits per heavy atom. The molecule has 0 aliphatic carbocycles. The van der Waals surface area contributed by atoms with Crippen LogP contribution in [-0.4, -0.2) is 100 Å². The van der Waals surface area contributed by atoms with Crippen LogP contribution >= 0.6 is 0 Å². The molecule has 0 bridgehead atoms. The summed E-state index contributed by atoms with van der Waals surface area (Å²) in [6, 6.07) is 0. The highest BCUT2D eigenvalue weighted by atomic mass is 16.7. The van der Waals surface area contributed by atoms with Gasteiger partial charge in [0.1, 0.15) is 12.7 Å². The summed E-state index contributed by atoms with van der Waals surface area (Å²) in [6.07, 6.45) is 0.977. The minimum Gasteiger partial charge on any atom is -0.550 e. The van der Waals surface area contributed by atoms with E-state index < -0.39 is 64.9 Å². The Hall–Kier alpha value is -1.87. The van der Waals surface area contributed by atoms with Crippen LogP contribution < -0.4 is 5.11 Å². The van der Waals surface area contributed by atoms with E-state index in [1.165, 1.54) is 6.92 Å². The van der Waals surface area contributed by atoms with Gasteiger partial charge in [0.15, 0.2) is 5.79 Å². The molecular formula is C40H65O13-. The average Bonchev–Trinajstić information content (AvgIpc) is 3.81. The Labute approximate surface area is 315 Å². The zero-order valence-electron chi connectivity index (χ0n) is 33.5. The maximum Gasteiger partial charge on any atom is 0.305 e. The summed E-state index contributed by atoms with van der Waals surface area (Å²) < 4.78 is 44.7. The highest BCUT2D eigenvalue weighted by Crippen LogP contribution is 2.54. The van der Waals surface area contributed by atoms with Crippen molar-refractivity contribution in [2.45, 2.75) is 193 Å². The first-order valence-electron chi connectivity index (χ1n) is 20.1. The zero-order valence-corrected chi connectivity index (χ0v) is 33.5. The van der Waals surface area contributed by atoms with Crippen LogP contribution in [0, 0.1) is 35.5 Å². The summed E-state index contributed by atoms with van der Waals surface area (Å²) >= 11 is 0. The molecular weight excluding hydrogens is 688 g/mol. The molecule has 0 aromatic carbocycles. The normalized spacial score (nSPS) is 46.2. The lowest BCUT2D eigenvalue weighted by Gasteiger charge is -2.49. The fourth-order valence-electron chi connectivity index (χ4n) is 9.93. The number of hydrogen-bond donors (Lipinski definition) is 2. The van der Waals surface area contributed by atoms with E-state index in [9.17, 15) is 29.7 Å². The van der Waals surface area contributed by atoms with E-state index >= 15 is 0 Å². The van der Waals surface area contributed by atoms with Crippen molar-refractivity contribution in [2.75, 3.05) is 6.61 Å². The van der Waals surface area contributed by atoms with Crippen LogP contribution in [0.4, 0.5) is 0 Å². The van der Waals surface area contributed by atoms with E-state index in [2.05, 4.69) is 20.8 Å². The number of aliphatic hydroxyl groups excluding tert-OH is 1. The molecule has 5 saturated heterocycles. The molecule has 53 heavy (non-hydrogen) atoms. The average molecular weight is 754 g/mol. The first-order valence-corrected chi connectivity index (χ1v) is 20.1. The lowest BCUT2D eigenvalue weighted by Crippen LogP contribution is -2.57. The highest BCUT2D eigenvalue weighted by molar-refractivity contribution is 5.71. The van der Waals surface area contributed by atoms with Crippen LogP contribution in [0.2, 0.25) is 0 Å². The molecule has 5 aliphatic heterocycles. The van der Waals surface area contributed by atoms with E-state index in [0.717, 1.165) is 19.3 Å². The molecule has 0 aromatic heterocycles. The smallest absolute Gasteiger partial charge is 0.305 e. The Kier molecular flexibility index (Phi) is 12.7. The molecule has 5 rings (SSSR count). The van der Waals surface area contributed by atoms with Gasteiger partial charge in [-0.15, -0.1) is 0 Å². The summed E-state index contributed by atoms with van der Waals surface area (Å²) in [5.74, 6) is -6.92. The summed E-state index contributed by atoms with van der Waals surface area (Å²) in [4.78, 5) is 36.2. The lowest BCUT2D eigenvalue weighted by atomic mass is 9.78. The molecule has 17 unspecified atom stereocenters. The van der Waals surface area contributed by atoms with Crippen molar-refractivity contribution in [1.29, 1.82) is 0 Å². The van der Waals surface area contributed by atoms with Gasteiger partial charge in [-0.2, -0.15) is 0 Å². The lowest BCUT2D eigenvalue weighted by molar-refractivity contribution is -0.337. The molecule has 13 heteroatoms. The first kappa shape index (κ1) is 42.3. The fourth-order valence-corrected chi connectivity index (χ4v) is 9.93. The predicted octanol–water partition coefficient (Wildman–Crippen LogP) is 3.82. The van der Waals surface area contributed by atoms with Gasteiger partial charge in [-0.25, -0.2) is 0 Å². The topological polar surface area (TPSA) is 179 Å². The number of rotatable bonds is 12. The summed E-state index contributed by atoms with van der Waals surface area (Å²) in [6.45, 7) is 18.6. The molecule has 1 spiro atoms. The van der Waals surface area contributed by atoms with Crippen LogP contribution in [0.3, 0.4) is 0 Å². The number of esters is 2. The maximum absolute atomic E-state index is 12.3. The van der Waals surface area contributed by atoms with Crippen molar-refractivity contribution in [3.05, 3.63) is 0 Å². The Morgan fingerprint density at radius 1 is 0.906 bits per heavy atom. The molecule has 304 valence electrons. The van der Waals surface area contributed by atoms with Gasteiger partial charge in [0.2, 0.25) is 5.79 Å². The van der Waals surface area contributed by atoms with Crippen molar-refractivity contribution in [2.24, 2.45) is 35.5 Å². The van der Waals surface area contributed by atoms with Gasteiger partial charge in [-0.3, -0.25) is 9.59 Å². The molecule has 5 heterocycles. The summed E-state index contributed by atoms with van der Waals surface area (Å²) in [7, 11) is 0. The highest BCUT2D eigenvalue weighted by Gasteiger charge is 2.61. The Morgan fingerprint density at radius 2 is 1.58 bits per heavy atom. The molecule has 0 aromatic rings. The predicted molar refractivity (Wildman–Crippen MR) is 189 cm³/mol. The number of aliphatic hydroxyl groups is 2. The Bertz CT molecular complexity index is 1330. The number of ether oxygens (including phenoxy) is 7. The molecule has 0 saturated carbocycles. The van der Waals surface area contributed by atoms with Crippen molar-refractivity contribution in [3.63, 3.8) is 0 Å². The molecule has 5 aliphatic rings. The number of carbonyl (C=O) groups excluding carboxylic acids is 3. The van der Waals surface area contributed by atoms with Crippen LogP contribution in [0.5, 0.6) is 0 Å². The standard InChI is InChI=1S/C40H66O13/c1-11-30(42)47-20-40(46)23(5)17-21(3)32(52-40)28-18-22(4)35(48-28)38(10)14-13-29(50-38)37(9)15-16-39(53-37)19-27(41)24(6)34(51-39)25(7)33(26(8)36(44)45)49-31(43)12-2/h21-29,32-35,41,46H,11-20H2,1-10H3,(H,44,45)/p-1. The van der Waals surface area contributed by atoms with Gasteiger partial charge in [0, 0.05) is 55.3 Å². The van der Waals surface area contributed by atoms with E-state index in [4.69, 9.17) is 33.2 Å². The molecule has 13 nitrogen and oxygen atoms in total. The van der Waals surface area contributed by atoms with Gasteiger partial charge in [0.05, 0.1) is 47.8 Å².